The highest BCUT2D eigenvalue weighted by Crippen LogP contribution is 2.25. The van der Waals surface area contributed by atoms with Crippen LogP contribution >= 0.6 is 0 Å². The van der Waals surface area contributed by atoms with Crippen LogP contribution in [0.5, 0.6) is 0 Å². The van der Waals surface area contributed by atoms with Gasteiger partial charge in [-0.25, -0.2) is 0 Å². The van der Waals surface area contributed by atoms with E-state index in [-0.39, 0.29) is 18.4 Å². The van der Waals surface area contributed by atoms with Crippen molar-refractivity contribution < 1.29 is 9.59 Å². The number of rotatable bonds is 6. The molecule has 1 fully saturated rings. The lowest BCUT2D eigenvalue weighted by atomic mass is 9.82. The van der Waals surface area contributed by atoms with Gasteiger partial charge in [0.2, 0.25) is 11.8 Å². The Balaban J connectivity index is 1.66. The molecule has 0 spiro atoms. The molecule has 0 unspecified atom stereocenters. The maximum atomic E-state index is 12.1. The molecule has 1 saturated carbocycles. The molecular weight excluding hydrogens is 278 g/mol. The first kappa shape index (κ1) is 16.5. The molecule has 22 heavy (non-hydrogen) atoms. The van der Waals surface area contributed by atoms with Crippen molar-refractivity contribution in [1.82, 2.24) is 10.6 Å². The van der Waals surface area contributed by atoms with Gasteiger partial charge in [0.05, 0.1) is 12.1 Å². The van der Waals surface area contributed by atoms with E-state index < -0.39 is 5.54 Å². The molecule has 0 bridgehead atoms. The van der Waals surface area contributed by atoms with Gasteiger partial charge in [-0.1, -0.05) is 49.6 Å². The molecule has 1 aromatic rings. The molecule has 120 valence electrons. The standard InChI is InChI=1S/C17H25N3O2/c18-17(10-5-2-6-11-17)16(22)20-13-15(21)19-12-9-14-7-3-1-4-8-14/h1,3-4,7-8H,2,5-6,9-13,18H2,(H,19,21)(H,20,22). The van der Waals surface area contributed by atoms with Crippen molar-refractivity contribution in [3.8, 4) is 0 Å². The van der Waals surface area contributed by atoms with E-state index in [1.54, 1.807) is 0 Å². The minimum absolute atomic E-state index is 0.00737. The Hall–Kier alpha value is -1.88. The van der Waals surface area contributed by atoms with E-state index in [2.05, 4.69) is 10.6 Å². The molecule has 0 atom stereocenters. The second-order valence-electron chi connectivity index (χ2n) is 5.99. The quantitative estimate of drug-likeness (QED) is 0.736. The first-order valence-electron chi connectivity index (χ1n) is 7.98. The molecule has 1 aliphatic rings. The Labute approximate surface area is 131 Å². The SMILES string of the molecule is NC1(C(=O)NCC(=O)NCCc2ccccc2)CCCCC1. The number of hydrogen-bond acceptors (Lipinski definition) is 3. The third-order valence-corrected chi connectivity index (χ3v) is 4.19. The smallest absolute Gasteiger partial charge is 0.240 e. The van der Waals surface area contributed by atoms with Crippen LogP contribution in [0.15, 0.2) is 30.3 Å². The van der Waals surface area contributed by atoms with Crippen LogP contribution in [0.3, 0.4) is 0 Å². The summed E-state index contributed by atoms with van der Waals surface area (Å²) in [6, 6.07) is 9.96. The van der Waals surface area contributed by atoms with E-state index in [0.717, 1.165) is 25.7 Å². The van der Waals surface area contributed by atoms with Crippen LogP contribution in [-0.4, -0.2) is 30.4 Å². The maximum Gasteiger partial charge on any atom is 0.240 e. The summed E-state index contributed by atoms with van der Waals surface area (Å²) in [6.07, 6.45) is 5.27. The summed E-state index contributed by atoms with van der Waals surface area (Å²) >= 11 is 0. The topological polar surface area (TPSA) is 84.2 Å². The van der Waals surface area contributed by atoms with Gasteiger partial charge in [-0.3, -0.25) is 9.59 Å². The molecule has 0 aliphatic heterocycles. The lowest BCUT2D eigenvalue weighted by Gasteiger charge is -2.31. The molecule has 1 aliphatic carbocycles. The fraction of sp³-hybridized carbons (Fsp3) is 0.529. The summed E-state index contributed by atoms with van der Waals surface area (Å²) in [5, 5.41) is 5.47. The summed E-state index contributed by atoms with van der Waals surface area (Å²) in [5.41, 5.74) is 6.51. The van der Waals surface area contributed by atoms with Crippen molar-refractivity contribution in [3.05, 3.63) is 35.9 Å². The van der Waals surface area contributed by atoms with E-state index in [0.29, 0.717) is 19.4 Å². The largest absolute Gasteiger partial charge is 0.354 e. The molecule has 4 N–H and O–H groups in total. The third kappa shape index (κ3) is 4.84. The Morgan fingerprint density at radius 1 is 1.05 bits per heavy atom. The highest BCUT2D eigenvalue weighted by atomic mass is 16.2. The normalized spacial score (nSPS) is 16.8. The van der Waals surface area contributed by atoms with Crippen molar-refractivity contribution in [3.63, 3.8) is 0 Å². The van der Waals surface area contributed by atoms with Crippen LogP contribution in [-0.2, 0) is 16.0 Å². The van der Waals surface area contributed by atoms with E-state index in [4.69, 9.17) is 5.73 Å². The van der Waals surface area contributed by atoms with E-state index in [1.165, 1.54) is 5.56 Å². The average molecular weight is 303 g/mol. The molecule has 2 rings (SSSR count). The maximum absolute atomic E-state index is 12.1. The van der Waals surface area contributed by atoms with Gasteiger partial charge in [0.15, 0.2) is 0 Å². The van der Waals surface area contributed by atoms with Crippen LogP contribution < -0.4 is 16.4 Å². The molecule has 1 aromatic carbocycles. The summed E-state index contributed by atoms with van der Waals surface area (Å²) in [5.74, 6) is -0.380. The van der Waals surface area contributed by atoms with Gasteiger partial charge in [-0.2, -0.15) is 0 Å². The summed E-state index contributed by atoms with van der Waals surface area (Å²) < 4.78 is 0. The van der Waals surface area contributed by atoms with Gasteiger partial charge in [-0.05, 0) is 24.8 Å². The van der Waals surface area contributed by atoms with Gasteiger partial charge >= 0.3 is 0 Å². The van der Waals surface area contributed by atoms with Gasteiger partial charge < -0.3 is 16.4 Å². The Morgan fingerprint density at radius 2 is 1.73 bits per heavy atom. The molecular formula is C17H25N3O2. The first-order valence-corrected chi connectivity index (χ1v) is 7.98. The predicted octanol–water partition coefficient (Wildman–Crippen LogP) is 1.12. The van der Waals surface area contributed by atoms with Crippen molar-refractivity contribution >= 4 is 11.8 Å². The fourth-order valence-corrected chi connectivity index (χ4v) is 2.80. The fourth-order valence-electron chi connectivity index (χ4n) is 2.80. The molecule has 0 aromatic heterocycles. The highest BCUT2D eigenvalue weighted by Gasteiger charge is 2.35. The van der Waals surface area contributed by atoms with Crippen molar-refractivity contribution in [2.75, 3.05) is 13.1 Å². The lowest BCUT2D eigenvalue weighted by molar-refractivity contribution is -0.130. The van der Waals surface area contributed by atoms with Gasteiger partial charge in [-0.15, -0.1) is 0 Å². The molecule has 0 heterocycles. The second kappa shape index (κ2) is 7.94. The molecule has 0 saturated heterocycles. The van der Waals surface area contributed by atoms with Gasteiger partial charge in [0, 0.05) is 6.54 Å². The molecule has 5 nitrogen and oxygen atoms in total. The average Bonchev–Trinajstić information content (AvgIpc) is 2.54. The Morgan fingerprint density at radius 3 is 2.41 bits per heavy atom. The third-order valence-electron chi connectivity index (χ3n) is 4.19. The predicted molar refractivity (Wildman–Crippen MR) is 86.2 cm³/mol. The number of carbonyl (C=O) groups excluding carboxylic acids is 2. The summed E-state index contributed by atoms with van der Waals surface area (Å²) in [4.78, 5) is 23.9. The number of amides is 2. The van der Waals surface area contributed by atoms with Crippen LogP contribution in [0.1, 0.15) is 37.7 Å². The molecule has 0 radical (unpaired) electrons. The van der Waals surface area contributed by atoms with Crippen LogP contribution in [0.2, 0.25) is 0 Å². The minimum Gasteiger partial charge on any atom is -0.354 e. The van der Waals surface area contributed by atoms with Crippen LogP contribution in [0, 0.1) is 0 Å². The highest BCUT2D eigenvalue weighted by molar-refractivity contribution is 5.90. The summed E-state index contributed by atoms with van der Waals surface area (Å²) in [6.45, 7) is 0.555. The van der Waals surface area contributed by atoms with Crippen molar-refractivity contribution in [2.45, 2.75) is 44.1 Å². The van der Waals surface area contributed by atoms with E-state index >= 15 is 0 Å². The number of benzene rings is 1. The monoisotopic (exact) mass is 303 g/mol. The zero-order chi connectivity index (χ0) is 15.8. The van der Waals surface area contributed by atoms with Crippen LogP contribution in [0.4, 0.5) is 0 Å². The van der Waals surface area contributed by atoms with E-state index in [9.17, 15) is 9.59 Å². The van der Waals surface area contributed by atoms with Crippen molar-refractivity contribution in [2.24, 2.45) is 5.73 Å². The lowest BCUT2D eigenvalue weighted by Crippen LogP contribution is -2.56. The zero-order valence-corrected chi connectivity index (χ0v) is 12.9. The number of nitrogens with two attached hydrogens (primary N) is 1. The number of hydrogen-bond donors (Lipinski definition) is 3. The second-order valence-corrected chi connectivity index (χ2v) is 5.99. The number of carbonyl (C=O) groups is 2. The minimum atomic E-state index is -0.789. The van der Waals surface area contributed by atoms with Gasteiger partial charge in [0.1, 0.15) is 0 Å². The molecule has 5 heteroatoms. The Bertz CT molecular complexity index is 496. The summed E-state index contributed by atoms with van der Waals surface area (Å²) in [7, 11) is 0. The van der Waals surface area contributed by atoms with Gasteiger partial charge in [0.25, 0.3) is 0 Å². The van der Waals surface area contributed by atoms with Crippen LogP contribution in [0.25, 0.3) is 0 Å². The number of nitrogens with one attached hydrogen (secondary N) is 2. The zero-order valence-electron chi connectivity index (χ0n) is 12.9. The van der Waals surface area contributed by atoms with Crippen molar-refractivity contribution in [1.29, 1.82) is 0 Å². The molecule has 2 amide bonds. The van der Waals surface area contributed by atoms with E-state index in [1.807, 2.05) is 30.3 Å². The Kier molecular flexibility index (Phi) is 5.95. The first-order chi connectivity index (χ1) is 10.6.